The molecule has 0 unspecified atom stereocenters. The van der Waals surface area contributed by atoms with Crippen LogP contribution in [0.15, 0.2) is 36.4 Å². The van der Waals surface area contributed by atoms with E-state index in [1.165, 1.54) is 12.1 Å². The van der Waals surface area contributed by atoms with E-state index in [-0.39, 0.29) is 29.7 Å². The van der Waals surface area contributed by atoms with Crippen molar-refractivity contribution in [1.29, 1.82) is 0 Å². The van der Waals surface area contributed by atoms with Crippen molar-refractivity contribution in [2.45, 2.75) is 52.4 Å². The Hall–Kier alpha value is -3.48. The van der Waals surface area contributed by atoms with Crippen LogP contribution in [0.1, 0.15) is 67.2 Å². The van der Waals surface area contributed by atoms with Gasteiger partial charge < -0.3 is 15.5 Å². The van der Waals surface area contributed by atoms with Crippen LogP contribution in [0.2, 0.25) is 0 Å². The molecule has 1 fully saturated rings. The molecule has 1 aromatic heterocycles. The molecule has 0 saturated heterocycles. The van der Waals surface area contributed by atoms with Crippen LogP contribution in [-0.4, -0.2) is 33.6 Å². The Balaban J connectivity index is 1.77. The highest BCUT2D eigenvalue weighted by Gasteiger charge is 2.43. The van der Waals surface area contributed by atoms with Gasteiger partial charge >= 0.3 is 5.97 Å². The Bertz CT molecular complexity index is 1280. The number of carbonyl (C=O) groups excluding carboxylic acids is 1. The summed E-state index contributed by atoms with van der Waals surface area (Å²) < 4.78 is 14.0. The van der Waals surface area contributed by atoms with E-state index in [4.69, 9.17) is 4.98 Å². The van der Waals surface area contributed by atoms with Crippen LogP contribution in [0.25, 0.3) is 21.9 Å². The molecular weight excluding hydrogens is 435 g/mol. The van der Waals surface area contributed by atoms with Gasteiger partial charge in [-0.15, -0.1) is 0 Å². The fourth-order valence-corrected chi connectivity index (χ4v) is 4.69. The van der Waals surface area contributed by atoms with Gasteiger partial charge in [-0.1, -0.05) is 26.3 Å². The van der Waals surface area contributed by atoms with E-state index in [2.05, 4.69) is 5.32 Å². The second-order valence-corrected chi connectivity index (χ2v) is 9.51. The van der Waals surface area contributed by atoms with Crippen molar-refractivity contribution in [2.24, 2.45) is 5.41 Å². The van der Waals surface area contributed by atoms with Gasteiger partial charge in [0.1, 0.15) is 17.3 Å². The molecule has 2 aromatic carbocycles. The van der Waals surface area contributed by atoms with Crippen molar-refractivity contribution in [1.82, 2.24) is 10.3 Å². The SMILES string of the molecule is Cc1cc(-c2c(C(C)C)nc(C(=O)NCCC3(C(=O)O)CCC3)c3cc(O)ccc23)ccc1F. The van der Waals surface area contributed by atoms with Gasteiger partial charge in [-0.05, 0) is 78.9 Å². The number of fused-ring (bicyclic) bond motifs is 1. The number of aryl methyl sites for hydroxylation is 1. The van der Waals surface area contributed by atoms with Crippen LogP contribution in [0, 0.1) is 18.2 Å². The molecule has 1 saturated carbocycles. The third-order valence-corrected chi connectivity index (χ3v) is 6.88. The average Bonchev–Trinajstić information content (AvgIpc) is 2.75. The van der Waals surface area contributed by atoms with Crippen LogP contribution in [-0.2, 0) is 4.79 Å². The van der Waals surface area contributed by atoms with E-state index >= 15 is 0 Å². The Morgan fingerprint density at radius 2 is 1.88 bits per heavy atom. The Morgan fingerprint density at radius 1 is 1.15 bits per heavy atom. The van der Waals surface area contributed by atoms with Gasteiger partial charge in [0.25, 0.3) is 5.91 Å². The second-order valence-electron chi connectivity index (χ2n) is 9.51. The number of carboxylic acids is 1. The average molecular weight is 465 g/mol. The smallest absolute Gasteiger partial charge is 0.309 e. The zero-order valence-corrected chi connectivity index (χ0v) is 19.6. The van der Waals surface area contributed by atoms with Gasteiger partial charge in [-0.25, -0.2) is 9.37 Å². The summed E-state index contributed by atoms with van der Waals surface area (Å²) in [5.41, 5.74) is 2.19. The number of benzene rings is 2. The minimum atomic E-state index is -0.817. The largest absolute Gasteiger partial charge is 0.508 e. The predicted octanol–water partition coefficient (Wildman–Crippen LogP) is 5.55. The summed E-state index contributed by atoms with van der Waals surface area (Å²) in [4.78, 5) is 29.5. The lowest BCUT2D eigenvalue weighted by molar-refractivity contribution is -0.155. The number of aliphatic carboxylic acids is 1. The number of nitrogens with zero attached hydrogens (tertiary/aromatic N) is 1. The lowest BCUT2D eigenvalue weighted by Gasteiger charge is -2.37. The Kier molecular flexibility index (Phi) is 6.30. The molecule has 178 valence electrons. The van der Waals surface area contributed by atoms with Crippen LogP contribution in [0.4, 0.5) is 4.39 Å². The maximum Gasteiger partial charge on any atom is 0.309 e. The van der Waals surface area contributed by atoms with Crippen molar-refractivity contribution in [3.8, 4) is 16.9 Å². The summed E-state index contributed by atoms with van der Waals surface area (Å²) in [6.45, 7) is 5.87. The molecule has 6 nitrogen and oxygen atoms in total. The molecule has 3 N–H and O–H groups in total. The summed E-state index contributed by atoms with van der Waals surface area (Å²) in [6.07, 6.45) is 2.49. The molecule has 7 heteroatoms. The lowest BCUT2D eigenvalue weighted by Crippen LogP contribution is -2.41. The molecule has 1 amide bonds. The maximum atomic E-state index is 14.0. The number of phenolic OH excluding ortho intramolecular Hbond substituents is 1. The number of hydrogen-bond acceptors (Lipinski definition) is 4. The number of halogens is 1. The molecule has 0 spiro atoms. The first kappa shape index (κ1) is 23.7. The number of carbonyl (C=O) groups is 2. The molecule has 34 heavy (non-hydrogen) atoms. The highest BCUT2D eigenvalue weighted by Crippen LogP contribution is 2.44. The van der Waals surface area contributed by atoms with E-state index < -0.39 is 17.3 Å². The Labute approximate surface area is 197 Å². The number of nitrogens with one attached hydrogen (secondary N) is 1. The van der Waals surface area contributed by atoms with Crippen molar-refractivity contribution >= 4 is 22.6 Å². The fourth-order valence-electron chi connectivity index (χ4n) is 4.69. The molecule has 1 aliphatic carbocycles. The molecular formula is C27H29FN2O4. The van der Waals surface area contributed by atoms with E-state index in [1.807, 2.05) is 13.8 Å². The van der Waals surface area contributed by atoms with E-state index in [1.54, 1.807) is 31.2 Å². The highest BCUT2D eigenvalue weighted by molar-refractivity contribution is 6.10. The number of carboxylic acid groups (broad SMARTS) is 1. The highest BCUT2D eigenvalue weighted by atomic mass is 19.1. The molecule has 0 radical (unpaired) electrons. The fraction of sp³-hybridized carbons (Fsp3) is 0.370. The normalized spacial score (nSPS) is 14.7. The quantitative estimate of drug-likeness (QED) is 0.426. The zero-order valence-electron chi connectivity index (χ0n) is 19.6. The van der Waals surface area contributed by atoms with Crippen molar-refractivity contribution in [3.05, 3.63) is 59.2 Å². The van der Waals surface area contributed by atoms with Crippen LogP contribution >= 0.6 is 0 Å². The maximum absolute atomic E-state index is 14.0. The molecule has 1 heterocycles. The van der Waals surface area contributed by atoms with E-state index in [9.17, 15) is 24.2 Å². The van der Waals surface area contributed by atoms with Crippen LogP contribution in [0.5, 0.6) is 5.75 Å². The molecule has 1 aliphatic rings. The third-order valence-electron chi connectivity index (χ3n) is 6.88. The van der Waals surface area contributed by atoms with Gasteiger partial charge in [-0.2, -0.15) is 0 Å². The van der Waals surface area contributed by atoms with Gasteiger partial charge in [0.05, 0.1) is 11.1 Å². The molecule has 0 aliphatic heterocycles. The third kappa shape index (κ3) is 4.22. The van der Waals surface area contributed by atoms with Crippen LogP contribution < -0.4 is 5.32 Å². The van der Waals surface area contributed by atoms with Crippen molar-refractivity contribution in [2.75, 3.05) is 6.54 Å². The first-order valence-electron chi connectivity index (χ1n) is 11.6. The summed E-state index contributed by atoms with van der Waals surface area (Å²) in [7, 11) is 0. The summed E-state index contributed by atoms with van der Waals surface area (Å²) in [5, 5.41) is 23.7. The first-order valence-corrected chi connectivity index (χ1v) is 11.6. The first-order chi connectivity index (χ1) is 16.1. The number of hydrogen-bond donors (Lipinski definition) is 3. The number of rotatable bonds is 7. The molecule has 3 aromatic rings. The van der Waals surface area contributed by atoms with Crippen molar-refractivity contribution in [3.63, 3.8) is 0 Å². The predicted molar refractivity (Wildman–Crippen MR) is 128 cm³/mol. The minimum absolute atomic E-state index is 0.00109. The molecule has 4 rings (SSSR count). The topological polar surface area (TPSA) is 99.5 Å². The molecule has 0 bridgehead atoms. The van der Waals surface area contributed by atoms with E-state index in [0.29, 0.717) is 35.9 Å². The monoisotopic (exact) mass is 464 g/mol. The number of amides is 1. The summed E-state index contributed by atoms with van der Waals surface area (Å²) in [5.74, 6) is -1.57. The van der Waals surface area contributed by atoms with Crippen LogP contribution in [0.3, 0.4) is 0 Å². The number of aromatic hydroxyl groups is 1. The number of pyridine rings is 1. The van der Waals surface area contributed by atoms with Gasteiger partial charge in [-0.3, -0.25) is 9.59 Å². The lowest BCUT2D eigenvalue weighted by atomic mass is 9.67. The minimum Gasteiger partial charge on any atom is -0.508 e. The summed E-state index contributed by atoms with van der Waals surface area (Å²) in [6, 6.07) is 9.68. The number of phenols is 1. The van der Waals surface area contributed by atoms with Gasteiger partial charge in [0, 0.05) is 17.5 Å². The standard InChI is InChI=1S/C27H29FN2O4/c1-15(2)23-22(17-5-8-21(28)16(3)13-17)19-7-6-18(31)14-20(19)24(30-23)25(32)29-12-11-27(26(33)34)9-4-10-27/h5-8,13-15,31H,4,9-12H2,1-3H3,(H,29,32)(H,33,34). The van der Waals surface area contributed by atoms with Gasteiger partial charge in [0.2, 0.25) is 0 Å². The zero-order chi connectivity index (χ0) is 24.6. The van der Waals surface area contributed by atoms with Gasteiger partial charge in [0.15, 0.2) is 0 Å². The number of aromatic nitrogens is 1. The molecule has 0 atom stereocenters. The van der Waals surface area contributed by atoms with E-state index in [0.717, 1.165) is 22.9 Å². The van der Waals surface area contributed by atoms with Crippen molar-refractivity contribution < 1.29 is 24.2 Å². The summed E-state index contributed by atoms with van der Waals surface area (Å²) >= 11 is 0. The second kappa shape index (κ2) is 9.05. The Morgan fingerprint density at radius 3 is 2.47 bits per heavy atom.